The molecule has 0 heterocycles. The van der Waals surface area contributed by atoms with E-state index in [-0.39, 0.29) is 17.8 Å². The highest BCUT2D eigenvalue weighted by Crippen LogP contribution is 2.38. The molecule has 1 N–H and O–H groups in total. The maximum Gasteiger partial charge on any atom is 0.328 e. The number of hydrogen-bond acceptors (Lipinski definition) is 3. The predicted octanol–water partition coefficient (Wildman–Crippen LogP) is 3.15. The second kappa shape index (κ2) is 8.40. The van der Waals surface area contributed by atoms with Crippen LogP contribution in [0.4, 0.5) is 0 Å². The summed E-state index contributed by atoms with van der Waals surface area (Å²) in [7, 11) is 0. The summed E-state index contributed by atoms with van der Waals surface area (Å²) in [5, 5.41) is 2.85. The Morgan fingerprint density at radius 3 is 2.48 bits per heavy atom. The lowest BCUT2D eigenvalue weighted by molar-refractivity contribution is -0.148. The first-order chi connectivity index (χ1) is 9.86. The average Bonchev–Trinajstić information content (AvgIpc) is 2.43. The van der Waals surface area contributed by atoms with Crippen LogP contribution in [-0.4, -0.2) is 24.5 Å². The highest BCUT2D eigenvalue weighted by molar-refractivity contribution is 5.85. The Morgan fingerprint density at radius 1 is 1.24 bits per heavy atom. The van der Waals surface area contributed by atoms with Crippen LogP contribution in [-0.2, 0) is 14.3 Å². The lowest BCUT2D eigenvalue weighted by atomic mass is 9.69. The Bertz CT molecular complexity index is 354. The molecule has 4 nitrogen and oxygen atoms in total. The zero-order chi connectivity index (χ0) is 16.0. The van der Waals surface area contributed by atoms with Crippen molar-refractivity contribution < 1.29 is 14.3 Å². The molecule has 0 unspecified atom stereocenters. The monoisotopic (exact) mass is 297 g/mol. The number of carbonyl (C=O) groups is 2. The van der Waals surface area contributed by atoms with Crippen LogP contribution in [0.15, 0.2) is 0 Å². The SMILES string of the molecule is CCCOC(=O)[C@@H](C)NC(=O)[C@@H]1C[C@H](C)CC[C@H]1C(C)C. The molecule has 1 saturated carbocycles. The highest BCUT2D eigenvalue weighted by Gasteiger charge is 2.36. The van der Waals surface area contributed by atoms with Crippen LogP contribution < -0.4 is 5.32 Å². The van der Waals surface area contributed by atoms with E-state index < -0.39 is 6.04 Å². The van der Waals surface area contributed by atoms with Crippen molar-refractivity contribution in [3.8, 4) is 0 Å². The number of rotatable bonds is 6. The third-order valence-corrected chi connectivity index (χ3v) is 4.52. The van der Waals surface area contributed by atoms with E-state index in [1.54, 1.807) is 6.92 Å². The van der Waals surface area contributed by atoms with Crippen LogP contribution in [0.25, 0.3) is 0 Å². The van der Waals surface area contributed by atoms with Crippen molar-refractivity contribution in [2.45, 2.75) is 66.3 Å². The van der Waals surface area contributed by atoms with Gasteiger partial charge in [0.1, 0.15) is 6.04 Å². The molecule has 1 rings (SSSR count). The van der Waals surface area contributed by atoms with Crippen LogP contribution >= 0.6 is 0 Å². The normalized spacial score (nSPS) is 27.2. The molecule has 0 aromatic rings. The second-order valence-electron chi connectivity index (χ2n) is 6.83. The molecule has 1 aliphatic rings. The first-order valence-electron chi connectivity index (χ1n) is 8.33. The molecule has 1 amide bonds. The molecule has 4 heteroatoms. The number of ether oxygens (including phenoxy) is 1. The maximum absolute atomic E-state index is 12.5. The van der Waals surface area contributed by atoms with Gasteiger partial charge in [0.15, 0.2) is 0 Å². The van der Waals surface area contributed by atoms with Gasteiger partial charge in [-0.3, -0.25) is 4.79 Å². The first-order valence-corrected chi connectivity index (χ1v) is 8.33. The number of nitrogens with one attached hydrogen (secondary N) is 1. The molecule has 1 fully saturated rings. The smallest absolute Gasteiger partial charge is 0.328 e. The van der Waals surface area contributed by atoms with E-state index in [2.05, 4.69) is 26.1 Å². The summed E-state index contributed by atoms with van der Waals surface area (Å²) < 4.78 is 5.08. The van der Waals surface area contributed by atoms with Gasteiger partial charge in [0, 0.05) is 5.92 Å². The summed E-state index contributed by atoms with van der Waals surface area (Å²) in [5.74, 6) is 1.19. The molecule has 21 heavy (non-hydrogen) atoms. The van der Waals surface area contributed by atoms with Crippen LogP contribution in [0.5, 0.6) is 0 Å². The van der Waals surface area contributed by atoms with E-state index in [9.17, 15) is 9.59 Å². The molecule has 122 valence electrons. The van der Waals surface area contributed by atoms with E-state index in [1.165, 1.54) is 6.42 Å². The fourth-order valence-corrected chi connectivity index (χ4v) is 3.21. The number of carbonyl (C=O) groups excluding carboxylic acids is 2. The molecular formula is C17H31NO3. The van der Waals surface area contributed by atoms with E-state index in [4.69, 9.17) is 4.74 Å². The summed E-state index contributed by atoms with van der Waals surface area (Å²) >= 11 is 0. The Morgan fingerprint density at radius 2 is 1.90 bits per heavy atom. The molecule has 4 atom stereocenters. The largest absolute Gasteiger partial charge is 0.464 e. The van der Waals surface area contributed by atoms with Gasteiger partial charge in [-0.05, 0) is 43.9 Å². The fourth-order valence-electron chi connectivity index (χ4n) is 3.21. The zero-order valence-electron chi connectivity index (χ0n) is 14.1. The molecular weight excluding hydrogens is 266 g/mol. The van der Waals surface area contributed by atoms with Crippen LogP contribution in [0.1, 0.15) is 60.3 Å². The molecule has 0 aromatic heterocycles. The van der Waals surface area contributed by atoms with E-state index in [0.717, 1.165) is 19.3 Å². The maximum atomic E-state index is 12.5. The summed E-state index contributed by atoms with van der Waals surface area (Å²) in [5.41, 5.74) is 0. The minimum atomic E-state index is -0.561. The summed E-state index contributed by atoms with van der Waals surface area (Å²) in [6.07, 6.45) is 4.01. The lowest BCUT2D eigenvalue weighted by Crippen LogP contribution is -2.46. The van der Waals surface area contributed by atoms with Crippen molar-refractivity contribution in [3.05, 3.63) is 0 Å². The molecule has 0 spiro atoms. The minimum absolute atomic E-state index is 0.0150. The Balaban J connectivity index is 2.60. The van der Waals surface area contributed by atoms with Gasteiger partial charge in [0.05, 0.1) is 6.61 Å². The van der Waals surface area contributed by atoms with Gasteiger partial charge >= 0.3 is 5.97 Å². The fraction of sp³-hybridized carbons (Fsp3) is 0.882. The van der Waals surface area contributed by atoms with Crippen molar-refractivity contribution >= 4 is 11.9 Å². The zero-order valence-corrected chi connectivity index (χ0v) is 14.1. The molecule has 0 aliphatic heterocycles. The Labute approximate surface area is 129 Å². The van der Waals surface area contributed by atoms with E-state index >= 15 is 0 Å². The number of amides is 1. The number of esters is 1. The molecule has 0 saturated heterocycles. The Hall–Kier alpha value is -1.06. The van der Waals surface area contributed by atoms with Gasteiger partial charge in [-0.1, -0.05) is 34.1 Å². The van der Waals surface area contributed by atoms with Crippen molar-refractivity contribution in [1.29, 1.82) is 0 Å². The van der Waals surface area contributed by atoms with Crippen molar-refractivity contribution in [1.82, 2.24) is 5.32 Å². The predicted molar refractivity (Wildman–Crippen MR) is 83.7 cm³/mol. The third-order valence-electron chi connectivity index (χ3n) is 4.52. The summed E-state index contributed by atoms with van der Waals surface area (Å²) in [4.78, 5) is 24.3. The van der Waals surface area contributed by atoms with Crippen LogP contribution in [0.2, 0.25) is 0 Å². The highest BCUT2D eigenvalue weighted by atomic mass is 16.5. The van der Waals surface area contributed by atoms with E-state index in [0.29, 0.717) is 24.4 Å². The quantitative estimate of drug-likeness (QED) is 0.766. The van der Waals surface area contributed by atoms with Gasteiger partial charge < -0.3 is 10.1 Å². The standard InChI is InChI=1S/C17H31NO3/c1-6-9-21-17(20)13(5)18-16(19)15-10-12(4)7-8-14(15)11(2)3/h11-15H,6-10H2,1-5H3,(H,18,19)/t12-,13-,14+,15-/m1/s1. The first kappa shape index (κ1) is 18.0. The molecule has 1 aliphatic carbocycles. The van der Waals surface area contributed by atoms with E-state index in [1.807, 2.05) is 6.92 Å². The van der Waals surface area contributed by atoms with Crippen molar-refractivity contribution in [2.24, 2.45) is 23.7 Å². The van der Waals surface area contributed by atoms with Gasteiger partial charge in [-0.25, -0.2) is 4.79 Å². The third kappa shape index (κ3) is 5.33. The lowest BCUT2D eigenvalue weighted by Gasteiger charge is -2.36. The molecule has 0 aromatic carbocycles. The molecule has 0 bridgehead atoms. The average molecular weight is 297 g/mol. The van der Waals surface area contributed by atoms with Crippen LogP contribution in [0, 0.1) is 23.7 Å². The van der Waals surface area contributed by atoms with Crippen molar-refractivity contribution in [3.63, 3.8) is 0 Å². The van der Waals surface area contributed by atoms with Gasteiger partial charge in [0.2, 0.25) is 5.91 Å². The van der Waals surface area contributed by atoms with Crippen LogP contribution in [0.3, 0.4) is 0 Å². The Kier molecular flexibility index (Phi) is 7.20. The van der Waals surface area contributed by atoms with Crippen molar-refractivity contribution in [2.75, 3.05) is 6.61 Å². The summed E-state index contributed by atoms with van der Waals surface area (Å²) in [6.45, 7) is 10.6. The van der Waals surface area contributed by atoms with Gasteiger partial charge in [-0.2, -0.15) is 0 Å². The topological polar surface area (TPSA) is 55.4 Å². The minimum Gasteiger partial charge on any atom is -0.464 e. The second-order valence-corrected chi connectivity index (χ2v) is 6.83. The van der Waals surface area contributed by atoms with Gasteiger partial charge in [0.25, 0.3) is 0 Å². The molecule has 0 radical (unpaired) electrons. The van der Waals surface area contributed by atoms with Gasteiger partial charge in [-0.15, -0.1) is 0 Å². The summed E-state index contributed by atoms with van der Waals surface area (Å²) in [6, 6.07) is -0.561. The number of hydrogen-bond donors (Lipinski definition) is 1.